The Morgan fingerprint density at radius 2 is 2.17 bits per heavy atom. The Balaban J connectivity index is 1.31. The Labute approximate surface area is 180 Å². The molecule has 0 aliphatic carbocycles. The van der Waals surface area contributed by atoms with E-state index in [4.69, 9.17) is 16.1 Å². The van der Waals surface area contributed by atoms with Crippen molar-refractivity contribution in [2.75, 3.05) is 25.0 Å². The van der Waals surface area contributed by atoms with Crippen molar-refractivity contribution in [2.24, 2.45) is 12.0 Å². The van der Waals surface area contributed by atoms with Gasteiger partial charge in [-0.3, -0.25) is 9.67 Å². The number of halogens is 1. The summed E-state index contributed by atoms with van der Waals surface area (Å²) in [6.07, 6.45) is 6.14. The van der Waals surface area contributed by atoms with E-state index in [0.29, 0.717) is 29.2 Å². The molecule has 2 aromatic heterocycles. The van der Waals surface area contributed by atoms with Gasteiger partial charge in [0, 0.05) is 50.0 Å². The van der Waals surface area contributed by atoms with E-state index in [0.717, 1.165) is 37.2 Å². The molecule has 0 saturated carbocycles. The molecule has 0 radical (unpaired) electrons. The Kier molecular flexibility index (Phi) is 6.18. The fourth-order valence-corrected chi connectivity index (χ4v) is 3.62. The highest BCUT2D eigenvalue weighted by Gasteiger charge is 2.22. The molecular formula is C20H25ClN8O. The van der Waals surface area contributed by atoms with Gasteiger partial charge in [0.05, 0.1) is 18.4 Å². The zero-order valence-electron chi connectivity index (χ0n) is 17.0. The van der Waals surface area contributed by atoms with Crippen LogP contribution in [-0.2, 0) is 13.6 Å². The second-order valence-electron chi connectivity index (χ2n) is 7.25. The standard InChI is InChI=1S/C20H25ClN8O/c1-22-20(25-16-4-3-9-29(12-16)17-10-24-28(2)13-17)23-11-18-26-19(27-30-18)14-5-7-15(21)8-6-14/h5-8,10,13,16H,3-4,9,11-12H2,1-2H3,(H2,22,23,25). The summed E-state index contributed by atoms with van der Waals surface area (Å²) in [5.41, 5.74) is 2.00. The molecule has 9 nitrogen and oxygen atoms in total. The molecule has 1 saturated heterocycles. The van der Waals surface area contributed by atoms with Crippen LogP contribution in [0, 0.1) is 0 Å². The van der Waals surface area contributed by atoms with Crippen LogP contribution in [0.25, 0.3) is 11.4 Å². The maximum Gasteiger partial charge on any atom is 0.246 e. The van der Waals surface area contributed by atoms with Gasteiger partial charge in [-0.1, -0.05) is 16.8 Å². The van der Waals surface area contributed by atoms with Crippen LogP contribution in [0.15, 0.2) is 46.2 Å². The maximum absolute atomic E-state index is 5.93. The fraction of sp³-hybridized carbons (Fsp3) is 0.400. The van der Waals surface area contributed by atoms with E-state index in [2.05, 4.69) is 35.8 Å². The lowest BCUT2D eigenvalue weighted by Gasteiger charge is -2.34. The number of rotatable bonds is 5. The van der Waals surface area contributed by atoms with Gasteiger partial charge >= 0.3 is 0 Å². The highest BCUT2D eigenvalue weighted by atomic mass is 35.5. The third kappa shape index (κ3) is 4.91. The third-order valence-corrected chi connectivity index (χ3v) is 5.27. The molecule has 1 aliphatic heterocycles. The molecule has 0 bridgehead atoms. The summed E-state index contributed by atoms with van der Waals surface area (Å²) in [5.74, 6) is 1.73. The minimum atomic E-state index is 0.289. The van der Waals surface area contributed by atoms with Crippen LogP contribution in [-0.4, -0.2) is 52.1 Å². The van der Waals surface area contributed by atoms with Gasteiger partial charge in [0.25, 0.3) is 0 Å². The van der Waals surface area contributed by atoms with Gasteiger partial charge < -0.3 is 20.1 Å². The van der Waals surface area contributed by atoms with Crippen molar-refractivity contribution in [1.29, 1.82) is 0 Å². The first-order chi connectivity index (χ1) is 14.6. The van der Waals surface area contributed by atoms with Gasteiger partial charge in [0.2, 0.25) is 11.7 Å². The number of guanidine groups is 1. The number of hydrogen-bond donors (Lipinski definition) is 2. The van der Waals surface area contributed by atoms with Crippen LogP contribution in [0.3, 0.4) is 0 Å². The molecule has 1 unspecified atom stereocenters. The number of hydrogen-bond acceptors (Lipinski definition) is 6. The second-order valence-corrected chi connectivity index (χ2v) is 7.68. The summed E-state index contributed by atoms with van der Waals surface area (Å²) in [5, 5.41) is 15.7. The van der Waals surface area contributed by atoms with Crippen LogP contribution in [0.4, 0.5) is 5.69 Å². The van der Waals surface area contributed by atoms with Crippen LogP contribution < -0.4 is 15.5 Å². The number of aliphatic imine (C=N–C) groups is 1. The molecule has 30 heavy (non-hydrogen) atoms. The monoisotopic (exact) mass is 428 g/mol. The smallest absolute Gasteiger partial charge is 0.246 e. The largest absolute Gasteiger partial charge is 0.367 e. The lowest BCUT2D eigenvalue weighted by atomic mass is 10.1. The molecule has 3 heterocycles. The van der Waals surface area contributed by atoms with Gasteiger partial charge in [-0.25, -0.2) is 0 Å². The van der Waals surface area contributed by atoms with Crippen molar-refractivity contribution >= 4 is 23.2 Å². The first-order valence-corrected chi connectivity index (χ1v) is 10.3. The Morgan fingerprint density at radius 3 is 2.90 bits per heavy atom. The van der Waals surface area contributed by atoms with Crippen LogP contribution >= 0.6 is 11.6 Å². The Bertz CT molecular complexity index is 996. The molecule has 0 spiro atoms. The summed E-state index contributed by atoms with van der Waals surface area (Å²) >= 11 is 5.93. The van der Waals surface area contributed by atoms with Crippen molar-refractivity contribution in [2.45, 2.75) is 25.4 Å². The summed E-state index contributed by atoms with van der Waals surface area (Å²) < 4.78 is 7.18. The Hall–Kier alpha value is -3.07. The number of aromatic nitrogens is 4. The third-order valence-electron chi connectivity index (χ3n) is 5.02. The van der Waals surface area contributed by atoms with Crippen molar-refractivity contribution in [3.63, 3.8) is 0 Å². The fourth-order valence-electron chi connectivity index (χ4n) is 3.49. The van der Waals surface area contributed by atoms with Gasteiger partial charge in [-0.15, -0.1) is 0 Å². The van der Waals surface area contributed by atoms with Crippen molar-refractivity contribution in [3.8, 4) is 11.4 Å². The number of benzene rings is 1. The molecule has 1 aliphatic rings. The molecule has 4 rings (SSSR count). The lowest BCUT2D eigenvalue weighted by molar-refractivity contribution is 0.374. The average Bonchev–Trinajstić information content (AvgIpc) is 3.41. The number of aryl methyl sites for hydroxylation is 1. The van der Waals surface area contributed by atoms with E-state index < -0.39 is 0 Å². The highest BCUT2D eigenvalue weighted by molar-refractivity contribution is 6.30. The summed E-state index contributed by atoms with van der Waals surface area (Å²) in [6.45, 7) is 2.32. The summed E-state index contributed by atoms with van der Waals surface area (Å²) in [7, 11) is 3.69. The van der Waals surface area contributed by atoms with Gasteiger partial charge in [-0.05, 0) is 37.1 Å². The second kappa shape index (κ2) is 9.17. The van der Waals surface area contributed by atoms with E-state index in [1.807, 2.05) is 36.3 Å². The van der Waals surface area contributed by atoms with Gasteiger partial charge in [0.15, 0.2) is 5.96 Å². The zero-order valence-corrected chi connectivity index (χ0v) is 17.8. The molecule has 10 heteroatoms. The normalized spacial score (nSPS) is 17.2. The zero-order chi connectivity index (χ0) is 20.9. The highest BCUT2D eigenvalue weighted by Crippen LogP contribution is 2.20. The van der Waals surface area contributed by atoms with Gasteiger partial charge in [-0.2, -0.15) is 10.1 Å². The first-order valence-electron chi connectivity index (χ1n) is 9.90. The number of piperidine rings is 1. The van der Waals surface area contributed by atoms with Crippen molar-refractivity contribution in [3.05, 3.63) is 47.6 Å². The Morgan fingerprint density at radius 1 is 1.33 bits per heavy atom. The van der Waals surface area contributed by atoms with Crippen molar-refractivity contribution in [1.82, 2.24) is 30.6 Å². The van der Waals surface area contributed by atoms with Gasteiger partial charge in [0.1, 0.15) is 0 Å². The molecule has 158 valence electrons. The number of anilines is 1. The van der Waals surface area contributed by atoms with E-state index in [9.17, 15) is 0 Å². The maximum atomic E-state index is 5.93. The molecule has 3 aromatic rings. The molecule has 0 amide bonds. The van der Waals surface area contributed by atoms with Crippen LogP contribution in [0.1, 0.15) is 18.7 Å². The quantitative estimate of drug-likeness (QED) is 0.476. The first kappa shape index (κ1) is 20.2. The predicted molar refractivity (Wildman–Crippen MR) is 117 cm³/mol. The summed E-state index contributed by atoms with van der Waals surface area (Å²) in [6, 6.07) is 7.62. The number of nitrogens with one attached hydrogen (secondary N) is 2. The topological polar surface area (TPSA) is 96.4 Å². The molecule has 1 atom stereocenters. The van der Waals surface area contributed by atoms with E-state index in [1.165, 1.54) is 0 Å². The molecular weight excluding hydrogens is 404 g/mol. The predicted octanol–water partition coefficient (Wildman–Crippen LogP) is 2.46. The minimum absolute atomic E-state index is 0.289. The van der Waals surface area contributed by atoms with Crippen LogP contribution in [0.5, 0.6) is 0 Å². The van der Waals surface area contributed by atoms with Crippen LogP contribution in [0.2, 0.25) is 5.02 Å². The molecule has 1 fully saturated rings. The summed E-state index contributed by atoms with van der Waals surface area (Å²) in [4.78, 5) is 11.1. The minimum Gasteiger partial charge on any atom is -0.367 e. The SMILES string of the molecule is CN=C(NCc1nc(-c2ccc(Cl)cc2)no1)NC1CCCN(c2cnn(C)c2)C1. The molecule has 1 aromatic carbocycles. The van der Waals surface area contributed by atoms with E-state index >= 15 is 0 Å². The average molecular weight is 429 g/mol. The van der Waals surface area contributed by atoms with Crippen molar-refractivity contribution < 1.29 is 4.52 Å². The molecule has 2 N–H and O–H groups in total. The van der Waals surface area contributed by atoms with E-state index in [-0.39, 0.29) is 6.04 Å². The number of nitrogens with zero attached hydrogens (tertiary/aromatic N) is 6. The van der Waals surface area contributed by atoms with E-state index in [1.54, 1.807) is 19.2 Å². The lowest BCUT2D eigenvalue weighted by Crippen LogP contribution is -2.51.